The molecule has 21 heavy (non-hydrogen) atoms. The van der Waals surface area contributed by atoms with Gasteiger partial charge in [-0.15, -0.1) is 10.2 Å². The molecule has 2 heterocycles. The molecule has 0 fully saturated rings. The van der Waals surface area contributed by atoms with Crippen LogP contribution in [0.4, 0.5) is 0 Å². The van der Waals surface area contributed by atoms with E-state index in [-0.39, 0.29) is 19.2 Å². The van der Waals surface area contributed by atoms with Gasteiger partial charge in [-0.05, 0) is 12.1 Å². The van der Waals surface area contributed by atoms with E-state index in [1.165, 1.54) is 0 Å². The van der Waals surface area contributed by atoms with Crippen molar-refractivity contribution in [2.75, 3.05) is 12.5 Å². The molecule has 110 valence electrons. The van der Waals surface area contributed by atoms with Gasteiger partial charge in [0.05, 0.1) is 11.4 Å². The first kappa shape index (κ1) is 13.7. The summed E-state index contributed by atoms with van der Waals surface area (Å²) in [6, 6.07) is 5.24. The predicted molar refractivity (Wildman–Crippen MR) is 71.8 cm³/mol. The monoisotopic (exact) mass is 309 g/mol. The number of benzene rings is 1. The Kier molecular flexibility index (Phi) is 3.67. The first-order chi connectivity index (χ1) is 10.2. The van der Waals surface area contributed by atoms with Gasteiger partial charge in [0.15, 0.2) is 22.5 Å². The van der Waals surface area contributed by atoms with Crippen molar-refractivity contribution >= 4 is 17.7 Å². The Balaban J connectivity index is 1.99. The molecule has 0 saturated carbocycles. The third-order valence-electron chi connectivity index (χ3n) is 2.78. The van der Waals surface area contributed by atoms with Crippen molar-refractivity contribution < 1.29 is 24.5 Å². The topological polar surface area (TPSA) is 107 Å². The summed E-state index contributed by atoms with van der Waals surface area (Å²) in [6.45, 7) is -0.149. The van der Waals surface area contributed by atoms with E-state index in [9.17, 15) is 9.90 Å². The number of carbonyl (C=O) groups is 1. The van der Waals surface area contributed by atoms with Crippen molar-refractivity contribution in [2.45, 2.75) is 11.8 Å². The van der Waals surface area contributed by atoms with Crippen LogP contribution in [0.25, 0.3) is 5.69 Å². The quantitative estimate of drug-likeness (QED) is 0.776. The molecule has 0 unspecified atom stereocenters. The Hall–Kier alpha value is -2.26. The Labute approximate surface area is 123 Å². The van der Waals surface area contributed by atoms with Gasteiger partial charge in [0.1, 0.15) is 6.61 Å². The average Bonchev–Trinajstić information content (AvgIpc) is 3.10. The second-order valence-electron chi connectivity index (χ2n) is 4.11. The number of aliphatic carboxylic acids is 1. The highest BCUT2D eigenvalue weighted by Crippen LogP contribution is 2.35. The Bertz CT molecular complexity index is 688. The van der Waals surface area contributed by atoms with Gasteiger partial charge >= 0.3 is 5.97 Å². The van der Waals surface area contributed by atoms with Gasteiger partial charge in [0.2, 0.25) is 6.79 Å². The van der Waals surface area contributed by atoms with Crippen molar-refractivity contribution in [2.24, 2.45) is 0 Å². The molecule has 8 nitrogen and oxygen atoms in total. The minimum absolute atomic E-state index is 0.145. The molecule has 1 aliphatic heterocycles. The molecule has 0 atom stereocenters. The smallest absolute Gasteiger partial charge is 0.313 e. The maximum atomic E-state index is 10.7. The van der Waals surface area contributed by atoms with Crippen LogP contribution in [0, 0.1) is 0 Å². The van der Waals surface area contributed by atoms with E-state index in [1.54, 1.807) is 22.8 Å². The molecule has 9 heteroatoms. The summed E-state index contributed by atoms with van der Waals surface area (Å²) in [4.78, 5) is 10.7. The highest BCUT2D eigenvalue weighted by Gasteiger charge is 2.19. The largest absolute Gasteiger partial charge is 0.481 e. The van der Waals surface area contributed by atoms with Crippen molar-refractivity contribution in [1.29, 1.82) is 0 Å². The fourth-order valence-electron chi connectivity index (χ4n) is 1.91. The molecular weight excluding hydrogens is 298 g/mol. The fourth-order valence-corrected chi connectivity index (χ4v) is 2.60. The van der Waals surface area contributed by atoms with E-state index in [2.05, 4.69) is 10.2 Å². The van der Waals surface area contributed by atoms with Crippen LogP contribution >= 0.6 is 11.8 Å². The maximum absolute atomic E-state index is 10.7. The highest BCUT2D eigenvalue weighted by molar-refractivity contribution is 7.99. The number of nitrogens with zero attached hydrogens (tertiary/aromatic N) is 3. The second-order valence-corrected chi connectivity index (χ2v) is 5.05. The summed E-state index contributed by atoms with van der Waals surface area (Å²) >= 11 is 1.03. The van der Waals surface area contributed by atoms with Gasteiger partial charge in [0.25, 0.3) is 0 Å². The fraction of sp³-hybridized carbons (Fsp3) is 0.250. The van der Waals surface area contributed by atoms with Crippen molar-refractivity contribution in [3.63, 3.8) is 0 Å². The molecule has 0 aliphatic carbocycles. The van der Waals surface area contributed by atoms with E-state index < -0.39 is 5.97 Å². The molecule has 0 radical (unpaired) electrons. The van der Waals surface area contributed by atoms with Gasteiger partial charge in [-0.2, -0.15) is 0 Å². The van der Waals surface area contributed by atoms with E-state index in [4.69, 9.17) is 14.6 Å². The number of aromatic nitrogens is 3. The van der Waals surface area contributed by atoms with Gasteiger partial charge in [-0.25, -0.2) is 0 Å². The Morgan fingerprint density at radius 3 is 2.90 bits per heavy atom. The van der Waals surface area contributed by atoms with E-state index in [1.807, 2.05) is 0 Å². The normalized spacial score (nSPS) is 12.6. The molecule has 2 aromatic rings. The molecule has 0 saturated heterocycles. The number of ether oxygens (including phenoxy) is 2. The number of aliphatic hydroxyl groups excluding tert-OH is 1. The van der Waals surface area contributed by atoms with Crippen molar-refractivity contribution in [1.82, 2.24) is 14.8 Å². The zero-order valence-electron chi connectivity index (χ0n) is 10.7. The van der Waals surface area contributed by atoms with Crippen molar-refractivity contribution in [3.05, 3.63) is 24.0 Å². The second kappa shape index (κ2) is 5.62. The van der Waals surface area contributed by atoms with Crippen LogP contribution < -0.4 is 9.47 Å². The van der Waals surface area contributed by atoms with Crippen LogP contribution in [-0.2, 0) is 11.4 Å². The number of hydrogen-bond donors (Lipinski definition) is 2. The minimum atomic E-state index is -0.953. The number of aliphatic hydroxyl groups is 1. The molecule has 0 spiro atoms. The SMILES string of the molecule is O=C(O)CSc1nnc(CO)n1-c1ccc2c(c1)OCO2. The summed E-state index contributed by atoms with van der Waals surface area (Å²) in [5, 5.41) is 26.3. The Morgan fingerprint density at radius 1 is 1.33 bits per heavy atom. The van der Waals surface area contributed by atoms with E-state index >= 15 is 0 Å². The predicted octanol–water partition coefficient (Wildman–Crippen LogP) is 0.665. The standard InChI is InChI=1S/C12H11N3O5S/c16-4-10-13-14-12(21-5-11(17)18)15(10)7-1-2-8-9(3-7)20-6-19-8/h1-3,16H,4-6H2,(H,17,18). The lowest BCUT2D eigenvalue weighted by Crippen LogP contribution is -2.05. The van der Waals surface area contributed by atoms with Crippen molar-refractivity contribution in [3.8, 4) is 17.2 Å². The molecular formula is C12H11N3O5S. The third-order valence-corrected chi connectivity index (χ3v) is 3.69. The van der Waals surface area contributed by atoms with Crippen LogP contribution in [0.3, 0.4) is 0 Å². The molecule has 1 aromatic carbocycles. The van der Waals surface area contributed by atoms with Gasteiger partial charge < -0.3 is 19.7 Å². The molecule has 2 N–H and O–H groups in total. The van der Waals surface area contributed by atoms with Gasteiger partial charge in [0, 0.05) is 6.07 Å². The van der Waals surface area contributed by atoms with Crippen LogP contribution in [-0.4, -0.2) is 43.5 Å². The highest BCUT2D eigenvalue weighted by atomic mass is 32.2. The number of hydrogen-bond acceptors (Lipinski definition) is 7. The maximum Gasteiger partial charge on any atom is 0.313 e. The Morgan fingerprint density at radius 2 is 2.14 bits per heavy atom. The number of fused-ring (bicyclic) bond motifs is 1. The zero-order chi connectivity index (χ0) is 14.8. The number of rotatable bonds is 5. The van der Waals surface area contributed by atoms with Crippen LogP contribution in [0.5, 0.6) is 11.5 Å². The van der Waals surface area contributed by atoms with Crippen LogP contribution in [0.1, 0.15) is 5.82 Å². The molecule has 0 amide bonds. The summed E-state index contributed by atoms with van der Waals surface area (Å²) < 4.78 is 12.1. The lowest BCUT2D eigenvalue weighted by Gasteiger charge is -2.09. The first-order valence-corrected chi connectivity index (χ1v) is 6.97. The summed E-state index contributed by atoms with van der Waals surface area (Å²) in [5.74, 6) is 0.442. The van der Waals surface area contributed by atoms with Crippen LogP contribution in [0.15, 0.2) is 23.4 Å². The van der Waals surface area contributed by atoms with Gasteiger partial charge in [-0.3, -0.25) is 9.36 Å². The lowest BCUT2D eigenvalue weighted by molar-refractivity contribution is -0.133. The zero-order valence-corrected chi connectivity index (χ0v) is 11.5. The number of carboxylic acid groups (broad SMARTS) is 1. The summed E-state index contributed by atoms with van der Waals surface area (Å²) in [6.07, 6.45) is 0. The number of thioether (sulfide) groups is 1. The number of carboxylic acids is 1. The molecule has 0 bridgehead atoms. The summed E-state index contributed by atoms with van der Waals surface area (Å²) in [7, 11) is 0. The molecule has 1 aromatic heterocycles. The minimum Gasteiger partial charge on any atom is -0.481 e. The average molecular weight is 309 g/mol. The molecule has 3 rings (SSSR count). The third kappa shape index (κ3) is 2.65. The van der Waals surface area contributed by atoms with E-state index in [0.717, 1.165) is 11.8 Å². The van der Waals surface area contributed by atoms with E-state index in [0.29, 0.717) is 28.2 Å². The first-order valence-electron chi connectivity index (χ1n) is 5.99. The van der Waals surface area contributed by atoms with Crippen LogP contribution in [0.2, 0.25) is 0 Å². The molecule has 1 aliphatic rings. The summed E-state index contributed by atoms with van der Waals surface area (Å²) in [5.41, 5.74) is 0.668. The lowest BCUT2D eigenvalue weighted by atomic mass is 10.2. The van der Waals surface area contributed by atoms with Gasteiger partial charge in [-0.1, -0.05) is 11.8 Å².